The summed E-state index contributed by atoms with van der Waals surface area (Å²) in [5.41, 5.74) is 3.92. The van der Waals surface area contributed by atoms with Gasteiger partial charge in [-0.2, -0.15) is 4.98 Å². The number of hydrogen-bond donors (Lipinski definition) is 2. The lowest BCUT2D eigenvalue weighted by Crippen LogP contribution is -2.06. The quantitative estimate of drug-likeness (QED) is 0.473. The molecule has 0 aliphatic heterocycles. The zero-order chi connectivity index (χ0) is 22.1. The van der Waals surface area contributed by atoms with Crippen LogP contribution in [0.4, 0.5) is 10.3 Å². The zero-order valence-electron chi connectivity index (χ0n) is 17.9. The maximum atomic E-state index is 13.2. The van der Waals surface area contributed by atoms with E-state index in [0.29, 0.717) is 41.7 Å². The van der Waals surface area contributed by atoms with Crippen molar-refractivity contribution in [1.82, 2.24) is 20.3 Å². The van der Waals surface area contributed by atoms with Gasteiger partial charge in [-0.05, 0) is 63.0 Å². The number of hydrogen-bond acceptors (Lipinski definition) is 6. The van der Waals surface area contributed by atoms with Crippen LogP contribution < -0.4 is 15.4 Å². The van der Waals surface area contributed by atoms with Gasteiger partial charge in [-0.1, -0.05) is 30.3 Å². The number of fused-ring (bicyclic) bond motifs is 1. The van der Waals surface area contributed by atoms with E-state index in [1.807, 2.05) is 63.5 Å². The maximum Gasteiger partial charge on any atom is 0.245 e. The smallest absolute Gasteiger partial charge is 0.245 e. The Morgan fingerprint density at radius 1 is 0.871 bits per heavy atom. The van der Waals surface area contributed by atoms with Crippen LogP contribution in [0.1, 0.15) is 12.5 Å². The highest BCUT2D eigenvalue weighted by Gasteiger charge is 2.12. The number of aromatic nitrogens is 3. The van der Waals surface area contributed by atoms with E-state index < -0.39 is 0 Å². The standard InChI is InChI=1S/C22H19FN4O.C2H7N/c1-2-28-21-20-19(13-12-18(25-20)16-8-10-17(23)11-9-16)26-22(27-21)24-14-15-6-4-3-5-7-15;1-3-2/h3-13H,2,14H2,1H3,(H,24,26,27);3H,1-2H3. The second-order valence-electron chi connectivity index (χ2n) is 6.70. The van der Waals surface area contributed by atoms with E-state index in [1.165, 1.54) is 12.1 Å². The van der Waals surface area contributed by atoms with Gasteiger partial charge in [0.2, 0.25) is 11.8 Å². The van der Waals surface area contributed by atoms with Crippen molar-refractivity contribution < 1.29 is 9.13 Å². The third kappa shape index (κ3) is 5.96. The topological polar surface area (TPSA) is 72.0 Å². The van der Waals surface area contributed by atoms with Gasteiger partial charge in [-0.15, -0.1) is 0 Å². The Morgan fingerprint density at radius 3 is 2.26 bits per heavy atom. The number of nitrogens with zero attached hydrogens (tertiary/aromatic N) is 3. The lowest BCUT2D eigenvalue weighted by Gasteiger charge is -2.11. The van der Waals surface area contributed by atoms with Crippen LogP contribution in [0, 0.1) is 5.82 Å². The molecule has 4 rings (SSSR count). The van der Waals surface area contributed by atoms with Crippen molar-refractivity contribution in [3.63, 3.8) is 0 Å². The van der Waals surface area contributed by atoms with Gasteiger partial charge >= 0.3 is 0 Å². The molecule has 4 aromatic rings. The number of ether oxygens (including phenoxy) is 1. The molecular weight excluding hydrogens is 393 g/mol. The molecular formula is C24H26FN5O. The Morgan fingerprint density at radius 2 is 1.58 bits per heavy atom. The molecule has 0 aliphatic carbocycles. The van der Waals surface area contributed by atoms with E-state index in [9.17, 15) is 4.39 Å². The van der Waals surface area contributed by atoms with Crippen molar-refractivity contribution in [2.24, 2.45) is 0 Å². The fraction of sp³-hybridized carbons (Fsp3) is 0.208. The molecule has 0 atom stereocenters. The summed E-state index contributed by atoms with van der Waals surface area (Å²) in [7, 11) is 3.75. The lowest BCUT2D eigenvalue weighted by atomic mass is 10.1. The molecule has 0 saturated heterocycles. The summed E-state index contributed by atoms with van der Waals surface area (Å²) in [5, 5.41) is 5.98. The minimum atomic E-state index is -0.281. The number of nitrogens with one attached hydrogen (secondary N) is 2. The van der Waals surface area contributed by atoms with Gasteiger partial charge in [0.1, 0.15) is 5.82 Å². The molecule has 31 heavy (non-hydrogen) atoms. The molecule has 2 aromatic carbocycles. The van der Waals surface area contributed by atoms with E-state index in [4.69, 9.17) is 4.74 Å². The zero-order valence-corrected chi connectivity index (χ0v) is 17.9. The van der Waals surface area contributed by atoms with Gasteiger partial charge in [0.15, 0.2) is 5.52 Å². The van der Waals surface area contributed by atoms with Gasteiger partial charge < -0.3 is 15.4 Å². The van der Waals surface area contributed by atoms with Crippen LogP contribution in [0.3, 0.4) is 0 Å². The molecule has 160 valence electrons. The van der Waals surface area contributed by atoms with Crippen molar-refractivity contribution in [3.05, 3.63) is 78.1 Å². The average Bonchev–Trinajstić information content (AvgIpc) is 2.79. The molecule has 0 spiro atoms. The minimum absolute atomic E-state index is 0.281. The molecule has 2 N–H and O–H groups in total. The number of benzene rings is 2. The molecule has 0 saturated carbocycles. The summed E-state index contributed by atoms with van der Waals surface area (Å²) in [5.74, 6) is 0.625. The summed E-state index contributed by atoms with van der Waals surface area (Å²) in [4.78, 5) is 13.7. The van der Waals surface area contributed by atoms with E-state index in [2.05, 4.69) is 25.6 Å². The number of pyridine rings is 1. The molecule has 6 nitrogen and oxygen atoms in total. The van der Waals surface area contributed by atoms with Gasteiger partial charge in [0.05, 0.1) is 17.8 Å². The monoisotopic (exact) mass is 419 g/mol. The van der Waals surface area contributed by atoms with Gasteiger partial charge in [0.25, 0.3) is 0 Å². The third-order valence-electron chi connectivity index (χ3n) is 4.22. The van der Waals surface area contributed by atoms with Crippen molar-refractivity contribution in [2.75, 3.05) is 26.0 Å². The summed E-state index contributed by atoms with van der Waals surface area (Å²) < 4.78 is 18.9. The molecule has 2 aromatic heterocycles. The van der Waals surface area contributed by atoms with Crippen molar-refractivity contribution in [3.8, 4) is 17.1 Å². The van der Waals surface area contributed by atoms with E-state index in [-0.39, 0.29) is 5.82 Å². The van der Waals surface area contributed by atoms with Crippen molar-refractivity contribution in [2.45, 2.75) is 13.5 Å². The normalized spacial score (nSPS) is 10.3. The lowest BCUT2D eigenvalue weighted by molar-refractivity contribution is 0.330. The Bertz CT molecular complexity index is 1100. The van der Waals surface area contributed by atoms with Crippen LogP contribution in [-0.4, -0.2) is 35.7 Å². The second-order valence-corrected chi connectivity index (χ2v) is 6.70. The highest BCUT2D eigenvalue weighted by molar-refractivity contribution is 5.83. The van der Waals surface area contributed by atoms with Crippen LogP contribution in [0.2, 0.25) is 0 Å². The van der Waals surface area contributed by atoms with Crippen LogP contribution in [-0.2, 0) is 6.54 Å². The van der Waals surface area contributed by atoms with Gasteiger partial charge in [0, 0.05) is 12.1 Å². The maximum absolute atomic E-state index is 13.2. The first kappa shape index (κ1) is 22.1. The molecule has 0 bridgehead atoms. The summed E-state index contributed by atoms with van der Waals surface area (Å²) >= 11 is 0. The van der Waals surface area contributed by atoms with Crippen molar-refractivity contribution in [1.29, 1.82) is 0 Å². The number of halogens is 1. The second kappa shape index (κ2) is 11.0. The number of rotatable bonds is 6. The first-order chi connectivity index (χ1) is 15.1. The molecule has 7 heteroatoms. The fourth-order valence-corrected chi connectivity index (χ4v) is 2.86. The van der Waals surface area contributed by atoms with E-state index >= 15 is 0 Å². The minimum Gasteiger partial charge on any atom is -0.476 e. The predicted octanol–water partition coefficient (Wildman–Crippen LogP) is 4.68. The number of anilines is 1. The van der Waals surface area contributed by atoms with Crippen LogP contribution in [0.5, 0.6) is 5.88 Å². The molecule has 0 unspecified atom stereocenters. The summed E-state index contributed by atoms with van der Waals surface area (Å²) in [6, 6.07) is 20.0. The highest BCUT2D eigenvalue weighted by atomic mass is 19.1. The Labute approximate surface area is 181 Å². The molecule has 0 fully saturated rings. The van der Waals surface area contributed by atoms with Crippen LogP contribution in [0.15, 0.2) is 66.7 Å². The molecule has 0 radical (unpaired) electrons. The fourth-order valence-electron chi connectivity index (χ4n) is 2.86. The Balaban J connectivity index is 0.000000858. The van der Waals surface area contributed by atoms with Crippen LogP contribution >= 0.6 is 0 Å². The SMILES string of the molecule is CCOc1nc(NCc2ccccc2)nc2ccc(-c3ccc(F)cc3)nc12.CNC. The van der Waals surface area contributed by atoms with E-state index in [0.717, 1.165) is 11.1 Å². The van der Waals surface area contributed by atoms with Gasteiger partial charge in [-0.3, -0.25) is 0 Å². The molecule has 0 amide bonds. The Hall–Kier alpha value is -3.58. The van der Waals surface area contributed by atoms with E-state index in [1.54, 1.807) is 12.1 Å². The Kier molecular flexibility index (Phi) is 7.84. The summed E-state index contributed by atoms with van der Waals surface area (Å²) in [6.45, 7) is 2.97. The summed E-state index contributed by atoms with van der Waals surface area (Å²) in [6.07, 6.45) is 0. The molecule has 2 heterocycles. The van der Waals surface area contributed by atoms with Gasteiger partial charge in [-0.25, -0.2) is 14.4 Å². The average molecular weight is 420 g/mol. The van der Waals surface area contributed by atoms with Crippen molar-refractivity contribution >= 4 is 17.0 Å². The third-order valence-corrected chi connectivity index (χ3v) is 4.22. The first-order valence-electron chi connectivity index (χ1n) is 10.1. The van der Waals surface area contributed by atoms with Crippen LogP contribution in [0.25, 0.3) is 22.3 Å². The highest BCUT2D eigenvalue weighted by Crippen LogP contribution is 2.26. The predicted molar refractivity (Wildman–Crippen MR) is 123 cm³/mol. The largest absolute Gasteiger partial charge is 0.476 e. The first-order valence-corrected chi connectivity index (χ1v) is 10.1. The molecule has 0 aliphatic rings.